The van der Waals surface area contributed by atoms with Crippen LogP contribution in [0.4, 0.5) is 14.5 Å². The van der Waals surface area contributed by atoms with Crippen LogP contribution in [0.5, 0.6) is 5.75 Å². The first-order valence-electron chi connectivity index (χ1n) is 12.0. The maximum Gasteiger partial charge on any atom is 0.291 e. The summed E-state index contributed by atoms with van der Waals surface area (Å²) in [6.45, 7) is 4.34. The van der Waals surface area contributed by atoms with E-state index < -0.39 is 23.9 Å². The van der Waals surface area contributed by atoms with E-state index in [1.165, 1.54) is 12.1 Å². The summed E-state index contributed by atoms with van der Waals surface area (Å²) in [5, 5.41) is 7.33. The molecule has 0 saturated carbocycles. The Balaban J connectivity index is 1.53. The number of aryl methyl sites for hydroxylation is 1. The summed E-state index contributed by atoms with van der Waals surface area (Å²) in [5.74, 6) is -0.567. The number of carbonyl (C=O) groups is 2. The van der Waals surface area contributed by atoms with Crippen LogP contribution in [0.1, 0.15) is 50.7 Å². The molecule has 5 aromatic rings. The fourth-order valence-corrected chi connectivity index (χ4v) is 5.64. The number of rotatable bonds is 9. The molecule has 0 saturated heterocycles. The number of amides is 2. The summed E-state index contributed by atoms with van der Waals surface area (Å²) in [5.41, 5.74) is 6.85. The van der Waals surface area contributed by atoms with Crippen LogP contribution >= 0.6 is 27.3 Å². The zero-order valence-corrected chi connectivity index (χ0v) is 23.6. The number of furan rings is 1. The first kappa shape index (κ1) is 27.5. The molecule has 5 rings (SSSR count). The van der Waals surface area contributed by atoms with Gasteiger partial charge in [0, 0.05) is 23.2 Å². The number of halogens is 3. The molecule has 0 aliphatic rings. The molecule has 0 atom stereocenters. The highest BCUT2D eigenvalue weighted by Gasteiger charge is 2.27. The average molecular weight is 630 g/mol. The topological polar surface area (TPSA) is 125 Å². The van der Waals surface area contributed by atoms with Crippen molar-refractivity contribution in [3.05, 3.63) is 80.9 Å². The molecule has 13 heteroatoms. The molecule has 2 amide bonds. The number of fused-ring (bicyclic) bond motifs is 1. The predicted octanol–water partition coefficient (Wildman–Crippen LogP) is 6.71. The molecular weight excluding hydrogens is 608 g/mol. The second kappa shape index (κ2) is 11.2. The lowest BCUT2D eigenvalue weighted by Gasteiger charge is -2.10. The molecule has 4 aromatic heterocycles. The number of primary amides is 1. The van der Waals surface area contributed by atoms with E-state index in [1.54, 1.807) is 29.9 Å². The van der Waals surface area contributed by atoms with Crippen molar-refractivity contribution in [2.75, 3.05) is 5.32 Å². The van der Waals surface area contributed by atoms with Crippen LogP contribution in [0.2, 0.25) is 0 Å². The summed E-state index contributed by atoms with van der Waals surface area (Å²) < 4.78 is 41.5. The van der Waals surface area contributed by atoms with Gasteiger partial charge in [-0.05, 0) is 65.7 Å². The van der Waals surface area contributed by atoms with Crippen LogP contribution < -0.4 is 15.8 Å². The van der Waals surface area contributed by atoms with Crippen molar-refractivity contribution in [1.29, 1.82) is 0 Å². The van der Waals surface area contributed by atoms with Crippen molar-refractivity contribution in [2.45, 2.75) is 33.4 Å². The normalized spacial score (nSPS) is 11.3. The molecule has 0 aliphatic carbocycles. The Bertz CT molecular complexity index is 1750. The van der Waals surface area contributed by atoms with Gasteiger partial charge in [0.25, 0.3) is 18.2 Å². The van der Waals surface area contributed by atoms with E-state index >= 15 is 0 Å². The van der Waals surface area contributed by atoms with Crippen LogP contribution in [0.15, 0.2) is 57.6 Å². The van der Waals surface area contributed by atoms with Crippen molar-refractivity contribution in [2.24, 2.45) is 5.73 Å². The molecule has 206 valence electrons. The minimum atomic E-state index is -2.86. The molecule has 0 bridgehead atoms. The Labute approximate surface area is 239 Å². The number of pyridine rings is 1. The highest BCUT2D eigenvalue weighted by Crippen LogP contribution is 2.43. The van der Waals surface area contributed by atoms with Gasteiger partial charge in [-0.1, -0.05) is 12.1 Å². The molecule has 0 radical (unpaired) electrons. The Hall–Kier alpha value is -4.10. The van der Waals surface area contributed by atoms with Crippen LogP contribution in [0.25, 0.3) is 21.3 Å². The number of para-hydroxylation sites is 1. The summed E-state index contributed by atoms with van der Waals surface area (Å²) in [4.78, 5) is 29.8. The molecule has 1 aromatic carbocycles. The van der Waals surface area contributed by atoms with E-state index in [1.807, 2.05) is 25.1 Å². The number of alkyl halides is 2. The SMILES string of the molecule is CCn1ncc(-c2cc(C(F)F)nc3sc(C(N)=O)c(NC(=O)c4ccc(COc5ccccc5Br)o4)c23)c1C. The number of hydrogen-bond acceptors (Lipinski definition) is 7. The zero-order valence-electron chi connectivity index (χ0n) is 21.2. The van der Waals surface area contributed by atoms with Gasteiger partial charge in [-0.3, -0.25) is 14.3 Å². The molecule has 40 heavy (non-hydrogen) atoms. The van der Waals surface area contributed by atoms with Gasteiger partial charge in [-0.2, -0.15) is 5.10 Å². The van der Waals surface area contributed by atoms with Crippen LogP contribution in [-0.4, -0.2) is 26.6 Å². The van der Waals surface area contributed by atoms with Crippen molar-refractivity contribution < 1.29 is 27.5 Å². The first-order valence-corrected chi connectivity index (χ1v) is 13.6. The largest absolute Gasteiger partial charge is 0.484 e. The molecule has 0 unspecified atom stereocenters. The summed E-state index contributed by atoms with van der Waals surface area (Å²) >= 11 is 4.23. The number of anilines is 1. The third-order valence-electron chi connectivity index (χ3n) is 6.15. The van der Waals surface area contributed by atoms with Gasteiger partial charge in [0.1, 0.15) is 33.5 Å². The Morgan fingerprint density at radius 3 is 2.67 bits per heavy atom. The monoisotopic (exact) mass is 629 g/mol. The van der Waals surface area contributed by atoms with E-state index in [0.717, 1.165) is 21.5 Å². The average Bonchev–Trinajstić information content (AvgIpc) is 3.65. The highest BCUT2D eigenvalue weighted by atomic mass is 79.9. The fraction of sp³-hybridized carbons (Fsp3) is 0.185. The van der Waals surface area contributed by atoms with Crippen molar-refractivity contribution in [3.63, 3.8) is 0 Å². The number of benzene rings is 1. The predicted molar refractivity (Wildman–Crippen MR) is 150 cm³/mol. The van der Waals surface area contributed by atoms with E-state index in [4.69, 9.17) is 14.9 Å². The number of aromatic nitrogens is 3. The van der Waals surface area contributed by atoms with Gasteiger partial charge < -0.3 is 20.2 Å². The van der Waals surface area contributed by atoms with Crippen LogP contribution in [0.3, 0.4) is 0 Å². The quantitative estimate of drug-likeness (QED) is 0.187. The molecule has 4 heterocycles. The van der Waals surface area contributed by atoms with E-state index in [-0.39, 0.29) is 27.8 Å². The van der Waals surface area contributed by atoms with Crippen molar-refractivity contribution in [1.82, 2.24) is 14.8 Å². The van der Waals surface area contributed by atoms with E-state index in [2.05, 4.69) is 31.3 Å². The van der Waals surface area contributed by atoms with Gasteiger partial charge in [-0.25, -0.2) is 13.8 Å². The summed E-state index contributed by atoms with van der Waals surface area (Å²) in [7, 11) is 0. The number of nitrogens with two attached hydrogens (primary N) is 1. The molecule has 3 N–H and O–H groups in total. The molecule has 9 nitrogen and oxygen atoms in total. The van der Waals surface area contributed by atoms with Gasteiger partial charge in [0.15, 0.2) is 5.76 Å². The summed E-state index contributed by atoms with van der Waals surface area (Å²) in [6.07, 6.45) is -1.30. The lowest BCUT2D eigenvalue weighted by Crippen LogP contribution is -2.16. The van der Waals surface area contributed by atoms with Crippen LogP contribution in [0, 0.1) is 6.92 Å². The van der Waals surface area contributed by atoms with Crippen molar-refractivity contribution >= 4 is 55.0 Å². The van der Waals surface area contributed by atoms with Crippen molar-refractivity contribution in [3.8, 4) is 16.9 Å². The smallest absolute Gasteiger partial charge is 0.291 e. The third-order valence-corrected chi connectivity index (χ3v) is 7.91. The minimum Gasteiger partial charge on any atom is -0.484 e. The van der Waals surface area contributed by atoms with Gasteiger partial charge in [-0.15, -0.1) is 11.3 Å². The Morgan fingerprint density at radius 1 is 1.23 bits per heavy atom. The van der Waals surface area contributed by atoms with Gasteiger partial charge >= 0.3 is 0 Å². The van der Waals surface area contributed by atoms with Gasteiger partial charge in [0.05, 0.1) is 16.4 Å². The zero-order chi connectivity index (χ0) is 28.6. The molecule has 0 spiro atoms. The lowest BCUT2D eigenvalue weighted by atomic mass is 10.0. The number of carbonyl (C=O) groups excluding carboxylic acids is 2. The maximum atomic E-state index is 13.8. The molecule has 0 aliphatic heterocycles. The fourth-order valence-electron chi connectivity index (χ4n) is 4.23. The summed E-state index contributed by atoms with van der Waals surface area (Å²) in [6, 6.07) is 11.6. The first-order chi connectivity index (χ1) is 19.2. The number of hydrogen-bond donors (Lipinski definition) is 2. The molecule has 0 fully saturated rings. The lowest BCUT2D eigenvalue weighted by molar-refractivity contribution is 0.0992. The minimum absolute atomic E-state index is 0.0342. The standard InChI is InChI=1S/C27H22BrF2N5O4S/c1-3-35-13(2)16(11-32-35)15-10-18(24(29)30)33-27-21(15)22(23(40-27)25(31)36)34-26(37)20-9-8-14(39-20)12-38-19-7-5-4-6-17(19)28/h4-11,24H,3,12H2,1-2H3,(H2,31,36)(H,34,37). The number of thiophene rings is 1. The highest BCUT2D eigenvalue weighted by molar-refractivity contribution is 9.10. The van der Waals surface area contributed by atoms with E-state index in [9.17, 15) is 18.4 Å². The number of nitrogens with one attached hydrogen (secondary N) is 1. The number of ether oxygens (including phenoxy) is 1. The maximum absolute atomic E-state index is 13.8. The van der Waals surface area contributed by atoms with Crippen LogP contribution in [-0.2, 0) is 13.2 Å². The number of nitrogens with zero attached hydrogens (tertiary/aromatic N) is 3. The Morgan fingerprint density at radius 2 is 2.00 bits per heavy atom. The second-order valence-electron chi connectivity index (χ2n) is 8.64. The Kier molecular flexibility index (Phi) is 7.68. The second-order valence-corrected chi connectivity index (χ2v) is 10.5. The third kappa shape index (κ3) is 5.21. The van der Waals surface area contributed by atoms with Gasteiger partial charge in [0.2, 0.25) is 0 Å². The van der Waals surface area contributed by atoms with E-state index in [0.29, 0.717) is 34.6 Å². The molecular formula is C27H22BrF2N5O4S.